The predicted molar refractivity (Wildman–Crippen MR) is 71.9 cm³/mol. The van der Waals surface area contributed by atoms with Crippen molar-refractivity contribution in [3.63, 3.8) is 0 Å². The molecule has 0 bridgehead atoms. The van der Waals surface area contributed by atoms with E-state index in [4.69, 9.17) is 0 Å². The van der Waals surface area contributed by atoms with Crippen molar-refractivity contribution in [2.75, 3.05) is 5.32 Å². The van der Waals surface area contributed by atoms with Gasteiger partial charge in [0.2, 0.25) is 0 Å². The van der Waals surface area contributed by atoms with E-state index < -0.39 is 0 Å². The number of aryl methyl sites for hydroxylation is 2. The largest absolute Gasteiger partial charge is 0.363 e. The third-order valence-corrected chi connectivity index (χ3v) is 3.71. The molecule has 0 unspecified atom stereocenters. The van der Waals surface area contributed by atoms with Crippen LogP contribution in [0.25, 0.3) is 5.52 Å². The first-order valence-electron chi connectivity index (χ1n) is 5.68. The maximum Gasteiger partial charge on any atom is 0.152 e. The van der Waals surface area contributed by atoms with Crippen LogP contribution in [0.4, 0.5) is 5.82 Å². The molecule has 3 aromatic rings. The number of nitrogens with one attached hydrogen (secondary N) is 1. The zero-order valence-corrected chi connectivity index (χ0v) is 11.0. The number of hydrogen-bond acceptors (Lipinski definition) is 5. The van der Waals surface area contributed by atoms with E-state index in [1.807, 2.05) is 36.1 Å². The van der Waals surface area contributed by atoms with Crippen LogP contribution in [0.1, 0.15) is 16.3 Å². The summed E-state index contributed by atoms with van der Waals surface area (Å²) in [5, 5.41) is 7.71. The Hall–Kier alpha value is -1.95. The van der Waals surface area contributed by atoms with Crippen molar-refractivity contribution < 1.29 is 0 Å². The molecule has 0 aliphatic carbocycles. The maximum atomic E-state index is 4.36. The smallest absolute Gasteiger partial charge is 0.152 e. The molecule has 92 valence electrons. The summed E-state index contributed by atoms with van der Waals surface area (Å²) >= 11 is 1.66. The van der Waals surface area contributed by atoms with Crippen LogP contribution in [0.15, 0.2) is 24.0 Å². The fourth-order valence-corrected chi connectivity index (χ4v) is 2.56. The zero-order chi connectivity index (χ0) is 12.5. The Kier molecular flexibility index (Phi) is 2.71. The normalized spacial score (nSPS) is 11.0. The van der Waals surface area contributed by atoms with E-state index in [9.17, 15) is 0 Å². The molecule has 0 aliphatic heterocycles. The second-order valence-electron chi connectivity index (χ2n) is 4.11. The third-order valence-electron chi connectivity index (χ3n) is 2.77. The molecule has 0 saturated heterocycles. The number of fused-ring (bicyclic) bond motifs is 1. The number of nitrogens with zero attached hydrogens (tertiary/aromatic N) is 4. The minimum Gasteiger partial charge on any atom is -0.363 e. The van der Waals surface area contributed by atoms with Crippen LogP contribution in [0.5, 0.6) is 0 Å². The molecule has 0 radical (unpaired) electrons. The quantitative estimate of drug-likeness (QED) is 0.784. The average Bonchev–Trinajstić information content (AvgIpc) is 2.91. The van der Waals surface area contributed by atoms with Crippen molar-refractivity contribution in [2.45, 2.75) is 20.4 Å². The van der Waals surface area contributed by atoms with Crippen molar-refractivity contribution in [1.29, 1.82) is 0 Å². The highest BCUT2D eigenvalue weighted by Gasteiger charge is 2.06. The second kappa shape index (κ2) is 4.38. The summed E-state index contributed by atoms with van der Waals surface area (Å²) in [4.78, 5) is 9.83. The summed E-state index contributed by atoms with van der Waals surface area (Å²) < 4.78 is 1.84. The molecule has 0 aromatic carbocycles. The predicted octanol–water partition coefficient (Wildman–Crippen LogP) is 2.41. The molecule has 0 aliphatic rings. The van der Waals surface area contributed by atoms with E-state index >= 15 is 0 Å². The highest BCUT2D eigenvalue weighted by atomic mass is 32.1. The van der Waals surface area contributed by atoms with Crippen molar-refractivity contribution in [1.82, 2.24) is 19.6 Å². The van der Waals surface area contributed by atoms with E-state index in [0.29, 0.717) is 0 Å². The summed E-state index contributed by atoms with van der Waals surface area (Å²) in [6.45, 7) is 4.74. The van der Waals surface area contributed by atoms with Crippen LogP contribution >= 0.6 is 11.3 Å². The molecule has 3 rings (SSSR count). The van der Waals surface area contributed by atoms with Crippen LogP contribution in [0.3, 0.4) is 0 Å². The van der Waals surface area contributed by atoms with Crippen molar-refractivity contribution in [2.24, 2.45) is 0 Å². The van der Waals surface area contributed by atoms with Gasteiger partial charge in [-0.05, 0) is 19.9 Å². The van der Waals surface area contributed by atoms with Gasteiger partial charge in [-0.2, -0.15) is 5.10 Å². The molecule has 0 atom stereocenters. The Balaban J connectivity index is 1.88. The van der Waals surface area contributed by atoms with Gasteiger partial charge in [0.25, 0.3) is 0 Å². The summed E-state index contributed by atoms with van der Waals surface area (Å²) in [6.07, 6.45) is 3.60. The van der Waals surface area contributed by atoms with Crippen molar-refractivity contribution in [3.8, 4) is 0 Å². The van der Waals surface area contributed by atoms with E-state index in [2.05, 4.69) is 20.4 Å². The van der Waals surface area contributed by atoms with Gasteiger partial charge in [0, 0.05) is 17.3 Å². The van der Waals surface area contributed by atoms with Gasteiger partial charge >= 0.3 is 0 Å². The Morgan fingerprint density at radius 2 is 2.22 bits per heavy atom. The average molecular weight is 259 g/mol. The van der Waals surface area contributed by atoms with Crippen molar-refractivity contribution >= 4 is 22.7 Å². The standard InChI is InChI=1S/C12H13N5S/c1-8-5-10-12(13-3-4-17(10)16-8)14-6-11-9(2)15-7-18-11/h3-5,7H,6H2,1-2H3,(H,13,14). The maximum absolute atomic E-state index is 4.36. The highest BCUT2D eigenvalue weighted by Crippen LogP contribution is 2.18. The Morgan fingerprint density at radius 3 is 3.00 bits per heavy atom. The fraction of sp³-hybridized carbons (Fsp3) is 0.250. The minimum atomic E-state index is 0.743. The molecule has 0 fully saturated rings. The second-order valence-corrected chi connectivity index (χ2v) is 5.05. The molecule has 3 aromatic heterocycles. The summed E-state index contributed by atoms with van der Waals surface area (Å²) in [6, 6.07) is 2.02. The molecule has 3 heterocycles. The van der Waals surface area contributed by atoms with Gasteiger partial charge in [0.1, 0.15) is 5.52 Å². The lowest BCUT2D eigenvalue weighted by Crippen LogP contribution is -2.03. The molecular weight excluding hydrogens is 246 g/mol. The number of hydrogen-bond donors (Lipinski definition) is 1. The monoisotopic (exact) mass is 259 g/mol. The lowest BCUT2D eigenvalue weighted by molar-refractivity contribution is 0.920. The van der Waals surface area contributed by atoms with E-state index in [0.717, 1.165) is 29.3 Å². The number of aromatic nitrogens is 4. The number of anilines is 1. The Bertz CT molecular complexity index is 685. The van der Waals surface area contributed by atoms with Gasteiger partial charge in [0.05, 0.1) is 23.4 Å². The van der Waals surface area contributed by atoms with Crippen LogP contribution in [-0.2, 0) is 6.54 Å². The summed E-state index contributed by atoms with van der Waals surface area (Å²) in [5.74, 6) is 0.853. The van der Waals surface area contributed by atoms with Gasteiger partial charge in [-0.25, -0.2) is 14.5 Å². The van der Waals surface area contributed by atoms with Crippen LogP contribution in [0, 0.1) is 13.8 Å². The number of thiazole rings is 1. The van der Waals surface area contributed by atoms with Gasteiger partial charge in [-0.3, -0.25) is 0 Å². The zero-order valence-electron chi connectivity index (χ0n) is 10.2. The molecule has 0 amide bonds. The lowest BCUT2D eigenvalue weighted by atomic mass is 10.3. The van der Waals surface area contributed by atoms with Gasteiger partial charge in [-0.15, -0.1) is 11.3 Å². The van der Waals surface area contributed by atoms with E-state index in [1.165, 1.54) is 4.88 Å². The van der Waals surface area contributed by atoms with E-state index in [-0.39, 0.29) is 0 Å². The molecule has 5 nitrogen and oxygen atoms in total. The van der Waals surface area contributed by atoms with Gasteiger partial charge in [-0.1, -0.05) is 0 Å². The molecule has 6 heteroatoms. The van der Waals surface area contributed by atoms with E-state index in [1.54, 1.807) is 17.5 Å². The van der Waals surface area contributed by atoms with Gasteiger partial charge < -0.3 is 5.32 Å². The minimum absolute atomic E-state index is 0.743. The van der Waals surface area contributed by atoms with Crippen LogP contribution in [-0.4, -0.2) is 19.6 Å². The summed E-state index contributed by atoms with van der Waals surface area (Å²) in [5.41, 5.74) is 4.92. The lowest BCUT2D eigenvalue weighted by Gasteiger charge is -2.05. The van der Waals surface area contributed by atoms with Crippen LogP contribution < -0.4 is 5.32 Å². The topological polar surface area (TPSA) is 55.1 Å². The summed E-state index contributed by atoms with van der Waals surface area (Å²) in [7, 11) is 0. The Labute approximate surface area is 109 Å². The first-order chi connectivity index (χ1) is 8.74. The number of rotatable bonds is 3. The molecular formula is C12H13N5S. The molecule has 0 saturated carbocycles. The fourth-order valence-electron chi connectivity index (χ4n) is 1.84. The SMILES string of the molecule is Cc1cc2c(NCc3scnc3C)nccn2n1. The molecule has 1 N–H and O–H groups in total. The molecule has 18 heavy (non-hydrogen) atoms. The first-order valence-corrected chi connectivity index (χ1v) is 6.56. The molecule has 0 spiro atoms. The Morgan fingerprint density at radius 1 is 1.33 bits per heavy atom. The third kappa shape index (κ3) is 1.95. The highest BCUT2D eigenvalue weighted by molar-refractivity contribution is 7.09. The van der Waals surface area contributed by atoms with Crippen molar-refractivity contribution in [3.05, 3.63) is 40.2 Å². The van der Waals surface area contributed by atoms with Crippen LogP contribution in [0.2, 0.25) is 0 Å². The van der Waals surface area contributed by atoms with Gasteiger partial charge in [0.15, 0.2) is 5.82 Å². The first kappa shape index (κ1) is 11.2.